The average Bonchev–Trinajstić information content (AvgIpc) is 3.29. The Bertz CT molecular complexity index is 1420. The van der Waals surface area contributed by atoms with Crippen molar-refractivity contribution in [1.82, 2.24) is 16.0 Å². The second kappa shape index (κ2) is 13.5. The summed E-state index contributed by atoms with van der Waals surface area (Å²) >= 11 is 0. The summed E-state index contributed by atoms with van der Waals surface area (Å²) in [6, 6.07) is 22.4. The molecule has 3 atom stereocenters. The molecule has 0 heterocycles. The minimum atomic E-state index is -1.02. The molecule has 3 N–H and O–H groups in total. The van der Waals surface area contributed by atoms with Gasteiger partial charge in [0.2, 0.25) is 11.8 Å². The molecule has 0 fully saturated rings. The van der Waals surface area contributed by atoms with Gasteiger partial charge in [0.25, 0.3) is 0 Å². The maximum Gasteiger partial charge on any atom is 0.407 e. The van der Waals surface area contributed by atoms with Crippen molar-refractivity contribution in [1.29, 1.82) is 0 Å². The number of ether oxygens (including phenoxy) is 2. The molecule has 0 aromatic heterocycles. The van der Waals surface area contributed by atoms with Crippen molar-refractivity contribution in [3.63, 3.8) is 0 Å². The van der Waals surface area contributed by atoms with Gasteiger partial charge in [0.1, 0.15) is 30.3 Å². The zero-order valence-electron chi connectivity index (χ0n) is 25.2. The number of fused-ring (bicyclic) bond motifs is 3. The first-order chi connectivity index (χ1) is 20.4. The molecule has 3 amide bonds. The van der Waals surface area contributed by atoms with Crippen LogP contribution in [-0.2, 0) is 30.3 Å². The Balaban J connectivity index is 1.40. The molecule has 9 nitrogen and oxygen atoms in total. The predicted molar refractivity (Wildman–Crippen MR) is 163 cm³/mol. The topological polar surface area (TPSA) is 123 Å². The largest absolute Gasteiger partial charge is 0.458 e. The summed E-state index contributed by atoms with van der Waals surface area (Å²) in [5, 5.41) is 7.90. The van der Waals surface area contributed by atoms with Crippen LogP contribution >= 0.6 is 0 Å². The molecule has 0 aliphatic heterocycles. The lowest BCUT2D eigenvalue weighted by Gasteiger charge is -2.24. The monoisotopic (exact) mass is 585 g/mol. The van der Waals surface area contributed by atoms with Crippen LogP contribution in [0.25, 0.3) is 11.1 Å². The first-order valence-electron chi connectivity index (χ1n) is 14.4. The van der Waals surface area contributed by atoms with E-state index in [2.05, 4.69) is 28.1 Å². The summed E-state index contributed by atoms with van der Waals surface area (Å²) in [6.07, 6.45) is -0.562. The number of benzene rings is 3. The molecule has 226 valence electrons. The van der Waals surface area contributed by atoms with Gasteiger partial charge in [0.05, 0.1) is 0 Å². The number of hydrogen-bond donors (Lipinski definition) is 3. The van der Waals surface area contributed by atoms with Gasteiger partial charge in [-0.1, -0.05) is 78.9 Å². The van der Waals surface area contributed by atoms with Crippen molar-refractivity contribution in [3.05, 3.63) is 95.6 Å². The molecule has 1 aliphatic rings. The Hall–Kier alpha value is -4.66. The molecule has 43 heavy (non-hydrogen) atoms. The summed E-state index contributed by atoms with van der Waals surface area (Å²) < 4.78 is 11.0. The molecular weight excluding hydrogens is 546 g/mol. The van der Waals surface area contributed by atoms with Crippen molar-refractivity contribution in [2.24, 2.45) is 0 Å². The summed E-state index contributed by atoms with van der Waals surface area (Å²) in [6.45, 7) is 8.32. The first-order valence-corrected chi connectivity index (χ1v) is 14.4. The number of hydrogen-bond acceptors (Lipinski definition) is 6. The third-order valence-electron chi connectivity index (χ3n) is 7.11. The van der Waals surface area contributed by atoms with E-state index in [-0.39, 0.29) is 18.9 Å². The quantitative estimate of drug-likeness (QED) is 0.302. The van der Waals surface area contributed by atoms with Crippen LogP contribution in [0.4, 0.5) is 4.79 Å². The Kier molecular flexibility index (Phi) is 9.85. The minimum Gasteiger partial charge on any atom is -0.458 e. The van der Waals surface area contributed by atoms with Crippen LogP contribution in [0.3, 0.4) is 0 Å². The number of rotatable bonds is 10. The molecule has 0 spiro atoms. The highest BCUT2D eigenvalue weighted by molar-refractivity contribution is 5.93. The van der Waals surface area contributed by atoms with Crippen LogP contribution in [0.5, 0.6) is 0 Å². The second-order valence-corrected chi connectivity index (χ2v) is 11.7. The summed E-state index contributed by atoms with van der Waals surface area (Å²) in [5.41, 5.74) is 4.50. The maximum atomic E-state index is 13.3. The van der Waals surface area contributed by atoms with Crippen molar-refractivity contribution >= 4 is 23.9 Å². The lowest BCUT2D eigenvalue weighted by atomic mass is 9.98. The van der Waals surface area contributed by atoms with Gasteiger partial charge < -0.3 is 25.4 Å². The lowest BCUT2D eigenvalue weighted by Crippen LogP contribution is -2.55. The third-order valence-corrected chi connectivity index (χ3v) is 7.11. The molecule has 0 radical (unpaired) electrons. The van der Waals surface area contributed by atoms with E-state index >= 15 is 0 Å². The lowest BCUT2D eigenvalue weighted by molar-refractivity contribution is -0.158. The van der Waals surface area contributed by atoms with E-state index in [1.165, 1.54) is 13.8 Å². The molecule has 0 saturated heterocycles. The Morgan fingerprint density at radius 3 is 1.84 bits per heavy atom. The van der Waals surface area contributed by atoms with Crippen LogP contribution in [0.2, 0.25) is 0 Å². The predicted octanol–water partition coefficient (Wildman–Crippen LogP) is 4.49. The van der Waals surface area contributed by atoms with E-state index in [0.717, 1.165) is 27.8 Å². The molecule has 3 aromatic carbocycles. The number of alkyl carbamates (subject to hydrolysis) is 1. The fourth-order valence-corrected chi connectivity index (χ4v) is 5.01. The van der Waals surface area contributed by atoms with Gasteiger partial charge in [-0.05, 0) is 62.4 Å². The van der Waals surface area contributed by atoms with Crippen LogP contribution in [0, 0.1) is 0 Å². The number of carbonyl (C=O) groups is 4. The number of carbonyl (C=O) groups excluding carboxylic acids is 4. The fraction of sp³-hybridized carbons (Fsp3) is 0.353. The van der Waals surface area contributed by atoms with E-state index in [1.807, 2.05) is 66.7 Å². The van der Waals surface area contributed by atoms with Crippen LogP contribution in [-0.4, -0.2) is 54.2 Å². The standard InChI is InChI=1S/C34H39N3O6/c1-21(30(38)36-22(2)32(40)43-34(3,4)5)35-31(39)29(19-23-13-7-6-8-14-23)37-33(41)42-20-28-26-17-11-9-15-24(26)25-16-10-12-18-27(25)28/h6-18,21-22,28-29H,19-20H2,1-5H3,(H,35,39)(H,36,38)(H,37,41)/t21-,22-,29-/m0/s1. The molecule has 1 aliphatic carbocycles. The third kappa shape index (κ3) is 8.22. The fourth-order valence-electron chi connectivity index (χ4n) is 5.01. The summed E-state index contributed by atoms with van der Waals surface area (Å²) in [5.74, 6) is -1.84. The zero-order chi connectivity index (χ0) is 31.1. The highest BCUT2D eigenvalue weighted by atomic mass is 16.6. The maximum absolute atomic E-state index is 13.3. The van der Waals surface area contributed by atoms with Gasteiger partial charge in [-0.2, -0.15) is 0 Å². The SMILES string of the molecule is C[C@H](NC(=O)[C@H](Cc1ccccc1)NC(=O)OCC1c2ccccc2-c2ccccc21)C(=O)N[C@@H](C)C(=O)OC(C)(C)C. The Morgan fingerprint density at radius 2 is 1.26 bits per heavy atom. The summed E-state index contributed by atoms with van der Waals surface area (Å²) in [7, 11) is 0. The highest BCUT2D eigenvalue weighted by Crippen LogP contribution is 2.44. The Labute approximate surface area is 252 Å². The van der Waals surface area contributed by atoms with Gasteiger partial charge >= 0.3 is 12.1 Å². The summed E-state index contributed by atoms with van der Waals surface area (Å²) in [4.78, 5) is 51.4. The van der Waals surface area contributed by atoms with Gasteiger partial charge in [0, 0.05) is 12.3 Å². The molecule has 0 bridgehead atoms. The molecule has 4 rings (SSSR count). The number of esters is 1. The van der Waals surface area contributed by atoms with Crippen LogP contribution in [0.15, 0.2) is 78.9 Å². The van der Waals surface area contributed by atoms with E-state index < -0.39 is 47.6 Å². The van der Waals surface area contributed by atoms with Gasteiger partial charge in [-0.3, -0.25) is 9.59 Å². The zero-order valence-corrected chi connectivity index (χ0v) is 25.2. The van der Waals surface area contributed by atoms with E-state index in [0.29, 0.717) is 0 Å². The van der Waals surface area contributed by atoms with Crippen LogP contribution < -0.4 is 16.0 Å². The average molecular weight is 586 g/mol. The first kappa shape index (κ1) is 31.3. The van der Waals surface area contributed by atoms with Gasteiger partial charge in [-0.15, -0.1) is 0 Å². The van der Waals surface area contributed by atoms with E-state index in [9.17, 15) is 19.2 Å². The molecule has 9 heteroatoms. The minimum absolute atomic E-state index is 0.0981. The van der Waals surface area contributed by atoms with Crippen molar-refractivity contribution in [2.45, 2.75) is 70.7 Å². The molecule has 0 unspecified atom stereocenters. The molecule has 3 aromatic rings. The van der Waals surface area contributed by atoms with Crippen molar-refractivity contribution in [2.75, 3.05) is 6.61 Å². The van der Waals surface area contributed by atoms with Crippen molar-refractivity contribution in [3.8, 4) is 11.1 Å². The van der Waals surface area contributed by atoms with Crippen molar-refractivity contribution < 1.29 is 28.7 Å². The molecule has 0 saturated carbocycles. The number of nitrogens with one attached hydrogen (secondary N) is 3. The highest BCUT2D eigenvalue weighted by Gasteiger charge is 2.31. The van der Waals surface area contributed by atoms with E-state index in [1.54, 1.807) is 20.8 Å². The van der Waals surface area contributed by atoms with Gasteiger partial charge in [-0.25, -0.2) is 9.59 Å². The Morgan fingerprint density at radius 1 is 0.721 bits per heavy atom. The van der Waals surface area contributed by atoms with Crippen LogP contribution in [0.1, 0.15) is 57.2 Å². The van der Waals surface area contributed by atoms with Gasteiger partial charge in [0.15, 0.2) is 0 Å². The van der Waals surface area contributed by atoms with E-state index in [4.69, 9.17) is 9.47 Å². The second-order valence-electron chi connectivity index (χ2n) is 11.7. The number of amides is 3. The smallest absolute Gasteiger partial charge is 0.407 e. The normalized spacial score (nSPS) is 14.3. The molecular formula is C34H39N3O6.